The lowest BCUT2D eigenvalue weighted by Gasteiger charge is -2.39. The van der Waals surface area contributed by atoms with E-state index in [2.05, 4.69) is 49.5 Å². The van der Waals surface area contributed by atoms with Gasteiger partial charge in [-0.1, -0.05) is 39.0 Å². The van der Waals surface area contributed by atoms with E-state index < -0.39 is 20.0 Å². The molecule has 0 N–H and O–H groups in total. The molecule has 2 aromatic heterocycles. The number of hydroxylamine groups is 2. The van der Waals surface area contributed by atoms with Crippen molar-refractivity contribution in [2.24, 2.45) is 0 Å². The average Bonchev–Trinajstić information content (AvgIpc) is 3.09. The van der Waals surface area contributed by atoms with Gasteiger partial charge in [0.1, 0.15) is 16.9 Å². The highest BCUT2D eigenvalue weighted by atomic mass is 35.5. The lowest BCUT2D eigenvalue weighted by atomic mass is 10.2. The topological polar surface area (TPSA) is 69.5 Å². The molecule has 0 aliphatic carbocycles. The van der Waals surface area contributed by atoms with Crippen LogP contribution in [0.1, 0.15) is 53.8 Å². The number of aromatic nitrogens is 3. The van der Waals surface area contributed by atoms with Gasteiger partial charge in [-0.3, -0.25) is 4.98 Å². The van der Waals surface area contributed by atoms with Gasteiger partial charge in [0.2, 0.25) is 8.32 Å². The highest BCUT2D eigenvalue weighted by Crippen LogP contribution is 2.37. The van der Waals surface area contributed by atoms with E-state index in [0.29, 0.717) is 25.4 Å². The molecule has 9 heteroatoms. The van der Waals surface area contributed by atoms with Crippen LogP contribution < -0.4 is 0 Å². The molecule has 0 aliphatic heterocycles. The maximum absolute atomic E-state index is 13.0. The average molecular weight is 505 g/mol. The molecule has 0 unspecified atom stereocenters. The number of imidazole rings is 1. The molecule has 0 fully saturated rings. The van der Waals surface area contributed by atoms with E-state index in [1.54, 1.807) is 6.20 Å². The number of ether oxygens (including phenoxy) is 1. The molecule has 34 heavy (non-hydrogen) atoms. The van der Waals surface area contributed by atoms with Crippen molar-refractivity contribution in [3.05, 3.63) is 36.3 Å². The summed E-state index contributed by atoms with van der Waals surface area (Å²) in [5.41, 5.74) is 2.13. The molecular formula is C25H37ClN4O3Si. The highest BCUT2D eigenvalue weighted by Gasteiger charge is 2.41. The van der Waals surface area contributed by atoms with Gasteiger partial charge in [0.15, 0.2) is 0 Å². The first kappa shape index (κ1) is 26.4. The third kappa shape index (κ3) is 5.90. The second-order valence-corrected chi connectivity index (χ2v) is 16.1. The first-order chi connectivity index (χ1) is 15.7. The molecule has 3 aromatic rings. The number of benzene rings is 1. The number of fused-ring (bicyclic) bond motifs is 3. The van der Waals surface area contributed by atoms with Crippen LogP contribution >= 0.6 is 11.6 Å². The van der Waals surface area contributed by atoms with Crippen molar-refractivity contribution >= 4 is 47.9 Å². The minimum absolute atomic E-state index is 0.0501. The Hall–Kier alpha value is -2.16. The highest BCUT2D eigenvalue weighted by molar-refractivity contribution is 6.74. The molecular weight excluding hydrogens is 468 g/mol. The molecule has 0 spiro atoms. The Balaban J connectivity index is 1.87. The molecule has 0 bridgehead atoms. The van der Waals surface area contributed by atoms with Crippen LogP contribution in [0.25, 0.3) is 21.9 Å². The van der Waals surface area contributed by atoms with Gasteiger partial charge in [-0.25, -0.2) is 9.78 Å². The largest absolute Gasteiger partial charge is 0.442 e. The van der Waals surface area contributed by atoms with Crippen molar-refractivity contribution in [1.29, 1.82) is 0 Å². The first-order valence-electron chi connectivity index (χ1n) is 11.7. The number of halogens is 1. The summed E-state index contributed by atoms with van der Waals surface area (Å²) in [5, 5.41) is 2.40. The van der Waals surface area contributed by atoms with E-state index in [1.165, 1.54) is 5.06 Å². The van der Waals surface area contributed by atoms with E-state index in [4.69, 9.17) is 25.8 Å². The molecule has 186 valence electrons. The Morgan fingerprint density at radius 3 is 2.41 bits per heavy atom. The second-order valence-electron chi connectivity index (χ2n) is 11.1. The Kier molecular flexibility index (Phi) is 7.65. The summed E-state index contributed by atoms with van der Waals surface area (Å²) in [5.74, 6) is 1.07. The van der Waals surface area contributed by atoms with Crippen molar-refractivity contribution in [2.45, 2.75) is 84.1 Å². The summed E-state index contributed by atoms with van der Waals surface area (Å²) >= 11 is 6.25. The minimum atomic E-state index is -2.24. The van der Waals surface area contributed by atoms with Gasteiger partial charge in [0.25, 0.3) is 0 Å². The van der Waals surface area contributed by atoms with Crippen LogP contribution in [0.15, 0.2) is 30.5 Å². The van der Waals surface area contributed by atoms with Crippen molar-refractivity contribution in [1.82, 2.24) is 19.6 Å². The number of para-hydroxylation sites is 1. The van der Waals surface area contributed by atoms with Crippen molar-refractivity contribution < 1.29 is 14.1 Å². The maximum Gasteiger partial charge on any atom is 0.433 e. The van der Waals surface area contributed by atoms with Crippen LogP contribution in [0.2, 0.25) is 18.1 Å². The van der Waals surface area contributed by atoms with E-state index >= 15 is 0 Å². The Morgan fingerprint density at radius 2 is 1.79 bits per heavy atom. The van der Waals surface area contributed by atoms with Gasteiger partial charge in [0.05, 0.1) is 29.7 Å². The number of hydrogen-bond donors (Lipinski definition) is 0. The number of nitrogens with zero attached hydrogens (tertiary/aromatic N) is 4. The summed E-state index contributed by atoms with van der Waals surface area (Å²) in [7, 11) is -2.24. The second kappa shape index (κ2) is 9.83. The Bertz CT molecular complexity index is 1160. The zero-order chi connectivity index (χ0) is 25.3. The standard InChI is InChI=1S/C25H37ClN4O3Si/c1-24(2,3)32-23(31)30(33-34(7,8)25(4,5)6)15-11-14-29-21(16-26)28-20-17-27-19-13-10-9-12-18(19)22(20)29/h9-10,12-13,17H,11,14-16H2,1-8H3. The van der Waals surface area contributed by atoms with Gasteiger partial charge < -0.3 is 13.8 Å². The van der Waals surface area contributed by atoms with Crippen LogP contribution in [0.4, 0.5) is 4.79 Å². The Morgan fingerprint density at radius 1 is 1.12 bits per heavy atom. The predicted octanol–water partition coefficient (Wildman–Crippen LogP) is 6.89. The maximum atomic E-state index is 13.0. The number of hydrogen-bond acceptors (Lipinski definition) is 5. The summed E-state index contributed by atoms with van der Waals surface area (Å²) in [6, 6.07) is 8.01. The lowest BCUT2D eigenvalue weighted by molar-refractivity contribution is -0.0827. The third-order valence-electron chi connectivity index (χ3n) is 6.16. The normalized spacial score (nSPS) is 13.0. The SMILES string of the molecule is CC(C)(C)OC(=O)N(CCCn1c(CCl)nc2cnc3ccccc3c21)O[Si](C)(C)C(C)(C)C. The van der Waals surface area contributed by atoms with Crippen LogP contribution in [-0.2, 0) is 21.7 Å². The molecule has 0 atom stereocenters. The molecule has 1 amide bonds. The van der Waals surface area contributed by atoms with Crippen molar-refractivity contribution in [2.75, 3.05) is 6.54 Å². The van der Waals surface area contributed by atoms with Gasteiger partial charge in [-0.15, -0.1) is 11.6 Å². The number of rotatable bonds is 7. The van der Waals surface area contributed by atoms with Crippen LogP contribution in [0.5, 0.6) is 0 Å². The molecule has 7 nitrogen and oxygen atoms in total. The molecule has 1 aromatic carbocycles. The fourth-order valence-electron chi connectivity index (χ4n) is 3.42. The number of aryl methyl sites for hydroxylation is 1. The van der Waals surface area contributed by atoms with Gasteiger partial charge in [0, 0.05) is 11.9 Å². The minimum Gasteiger partial charge on any atom is -0.442 e. The fourth-order valence-corrected chi connectivity index (χ4v) is 4.62. The summed E-state index contributed by atoms with van der Waals surface area (Å²) in [6.45, 7) is 17.3. The monoisotopic (exact) mass is 504 g/mol. The third-order valence-corrected chi connectivity index (χ3v) is 10.7. The van der Waals surface area contributed by atoms with Crippen LogP contribution in [-0.4, -0.2) is 46.2 Å². The number of carbonyl (C=O) groups is 1. The van der Waals surface area contributed by atoms with E-state index in [9.17, 15) is 4.79 Å². The number of carbonyl (C=O) groups excluding carboxylic acids is 1. The zero-order valence-corrected chi connectivity index (χ0v) is 23.4. The molecule has 2 heterocycles. The smallest absolute Gasteiger partial charge is 0.433 e. The summed E-state index contributed by atoms with van der Waals surface area (Å²) in [6.07, 6.45) is 1.98. The molecule has 3 rings (SSSR count). The van der Waals surface area contributed by atoms with E-state index in [1.807, 2.05) is 39.0 Å². The van der Waals surface area contributed by atoms with Crippen molar-refractivity contribution in [3.63, 3.8) is 0 Å². The predicted molar refractivity (Wildman–Crippen MR) is 140 cm³/mol. The molecule has 0 radical (unpaired) electrons. The van der Waals surface area contributed by atoms with E-state index in [-0.39, 0.29) is 5.04 Å². The number of pyridine rings is 1. The number of amides is 1. The Labute approximate surface area is 208 Å². The van der Waals surface area contributed by atoms with Gasteiger partial charge >= 0.3 is 6.09 Å². The van der Waals surface area contributed by atoms with E-state index in [0.717, 1.165) is 27.8 Å². The number of alkyl halides is 1. The van der Waals surface area contributed by atoms with Crippen LogP contribution in [0, 0.1) is 0 Å². The molecule has 0 aliphatic rings. The lowest BCUT2D eigenvalue weighted by Crippen LogP contribution is -2.50. The zero-order valence-electron chi connectivity index (χ0n) is 21.6. The summed E-state index contributed by atoms with van der Waals surface area (Å²) in [4.78, 5) is 22.2. The van der Waals surface area contributed by atoms with Crippen molar-refractivity contribution in [3.8, 4) is 0 Å². The first-order valence-corrected chi connectivity index (χ1v) is 15.2. The van der Waals surface area contributed by atoms with Gasteiger partial charge in [-0.2, -0.15) is 5.06 Å². The van der Waals surface area contributed by atoms with Crippen LogP contribution in [0.3, 0.4) is 0 Å². The molecule has 0 saturated heterocycles. The quantitative estimate of drug-likeness (QED) is 0.199. The summed E-state index contributed by atoms with van der Waals surface area (Å²) < 4.78 is 14.2. The fraction of sp³-hybridized carbons (Fsp3) is 0.560. The molecule has 0 saturated carbocycles. The van der Waals surface area contributed by atoms with Gasteiger partial charge in [-0.05, 0) is 51.4 Å².